The van der Waals surface area contributed by atoms with Crippen molar-refractivity contribution in [2.75, 3.05) is 13.2 Å². The van der Waals surface area contributed by atoms with E-state index in [-0.39, 0.29) is 5.82 Å². The zero-order valence-corrected chi connectivity index (χ0v) is 10.5. The third-order valence-electron chi connectivity index (χ3n) is 2.59. The lowest BCUT2D eigenvalue weighted by atomic mass is 10.2. The van der Waals surface area contributed by atoms with E-state index < -0.39 is 0 Å². The van der Waals surface area contributed by atoms with Crippen LogP contribution in [0.4, 0.5) is 4.39 Å². The molecule has 100 valence electrons. The van der Waals surface area contributed by atoms with Crippen LogP contribution >= 0.6 is 0 Å². The number of hydrogen-bond donors (Lipinski definition) is 1. The van der Waals surface area contributed by atoms with E-state index in [1.807, 2.05) is 24.3 Å². The zero-order chi connectivity index (χ0) is 13.5. The third-order valence-corrected chi connectivity index (χ3v) is 2.59. The average molecular weight is 261 g/mol. The van der Waals surface area contributed by atoms with Gasteiger partial charge in [0.05, 0.1) is 0 Å². The van der Waals surface area contributed by atoms with Crippen LogP contribution < -0.4 is 15.2 Å². The van der Waals surface area contributed by atoms with Crippen LogP contribution in [0.5, 0.6) is 11.5 Å². The van der Waals surface area contributed by atoms with Crippen molar-refractivity contribution in [3.05, 3.63) is 59.9 Å². The van der Waals surface area contributed by atoms with E-state index in [4.69, 9.17) is 15.2 Å². The van der Waals surface area contributed by atoms with E-state index in [9.17, 15) is 4.39 Å². The lowest BCUT2D eigenvalue weighted by Gasteiger charge is -2.08. The fourth-order valence-electron chi connectivity index (χ4n) is 1.57. The van der Waals surface area contributed by atoms with E-state index in [0.29, 0.717) is 25.5 Å². The van der Waals surface area contributed by atoms with Gasteiger partial charge in [0.25, 0.3) is 0 Å². The van der Waals surface area contributed by atoms with Crippen LogP contribution in [0.15, 0.2) is 48.5 Å². The number of hydrogen-bond acceptors (Lipinski definition) is 3. The number of nitrogens with two attached hydrogens (primary N) is 1. The predicted octanol–water partition coefficient (Wildman–Crippen LogP) is 2.74. The van der Waals surface area contributed by atoms with Gasteiger partial charge < -0.3 is 15.2 Å². The highest BCUT2D eigenvalue weighted by Gasteiger charge is 1.97. The van der Waals surface area contributed by atoms with Crippen LogP contribution in [-0.4, -0.2) is 13.2 Å². The first kappa shape index (κ1) is 13.4. The first-order valence-corrected chi connectivity index (χ1v) is 6.08. The molecular weight excluding hydrogens is 245 g/mol. The highest BCUT2D eigenvalue weighted by atomic mass is 19.1. The van der Waals surface area contributed by atoms with Crippen molar-refractivity contribution in [1.82, 2.24) is 0 Å². The molecule has 0 aliphatic carbocycles. The summed E-state index contributed by atoms with van der Waals surface area (Å²) in [6.45, 7) is 1.36. The van der Waals surface area contributed by atoms with Crippen molar-refractivity contribution in [2.24, 2.45) is 5.73 Å². The van der Waals surface area contributed by atoms with Crippen molar-refractivity contribution >= 4 is 0 Å². The topological polar surface area (TPSA) is 44.5 Å². The molecule has 0 amide bonds. The molecule has 2 N–H and O–H groups in total. The smallest absolute Gasteiger partial charge is 0.123 e. The zero-order valence-electron chi connectivity index (χ0n) is 10.5. The molecule has 0 saturated heterocycles. The largest absolute Gasteiger partial charge is 0.490 e. The van der Waals surface area contributed by atoms with E-state index in [1.165, 1.54) is 12.1 Å². The van der Waals surface area contributed by atoms with Crippen LogP contribution in [-0.2, 0) is 6.54 Å². The molecule has 2 aromatic rings. The molecule has 0 aliphatic heterocycles. The molecule has 0 radical (unpaired) electrons. The van der Waals surface area contributed by atoms with Gasteiger partial charge in [-0.25, -0.2) is 4.39 Å². The Morgan fingerprint density at radius 2 is 1.26 bits per heavy atom. The van der Waals surface area contributed by atoms with Crippen molar-refractivity contribution in [1.29, 1.82) is 0 Å². The molecule has 0 aromatic heterocycles. The fourth-order valence-corrected chi connectivity index (χ4v) is 1.57. The van der Waals surface area contributed by atoms with Gasteiger partial charge in [0, 0.05) is 6.54 Å². The van der Waals surface area contributed by atoms with Gasteiger partial charge in [-0.15, -0.1) is 0 Å². The number of benzene rings is 2. The van der Waals surface area contributed by atoms with Gasteiger partial charge in [-0.2, -0.15) is 0 Å². The molecule has 2 rings (SSSR count). The lowest BCUT2D eigenvalue weighted by Crippen LogP contribution is -2.09. The van der Waals surface area contributed by atoms with Crippen molar-refractivity contribution in [2.45, 2.75) is 6.54 Å². The Balaban J connectivity index is 1.72. The minimum atomic E-state index is -0.274. The van der Waals surface area contributed by atoms with Gasteiger partial charge in [-0.3, -0.25) is 0 Å². The molecule has 0 fully saturated rings. The van der Waals surface area contributed by atoms with Crippen molar-refractivity contribution in [3.8, 4) is 11.5 Å². The van der Waals surface area contributed by atoms with Gasteiger partial charge in [-0.1, -0.05) is 12.1 Å². The normalized spacial score (nSPS) is 10.2. The number of ether oxygens (including phenoxy) is 2. The van der Waals surface area contributed by atoms with Crippen LogP contribution in [0, 0.1) is 5.82 Å². The van der Waals surface area contributed by atoms with E-state index in [1.54, 1.807) is 12.1 Å². The summed E-state index contributed by atoms with van der Waals surface area (Å²) in [7, 11) is 0. The molecule has 0 atom stereocenters. The molecule has 0 bridgehead atoms. The summed E-state index contributed by atoms with van der Waals surface area (Å²) in [6, 6.07) is 13.5. The maximum absolute atomic E-state index is 12.7. The molecule has 4 heteroatoms. The highest BCUT2D eigenvalue weighted by Crippen LogP contribution is 2.13. The van der Waals surface area contributed by atoms with Gasteiger partial charge >= 0.3 is 0 Å². The molecular formula is C15H16FNO2. The summed E-state index contributed by atoms with van der Waals surface area (Å²) in [5, 5.41) is 0. The average Bonchev–Trinajstić information content (AvgIpc) is 2.46. The second-order valence-corrected chi connectivity index (χ2v) is 4.00. The van der Waals surface area contributed by atoms with Crippen molar-refractivity contribution < 1.29 is 13.9 Å². The second-order valence-electron chi connectivity index (χ2n) is 4.00. The van der Waals surface area contributed by atoms with Gasteiger partial charge in [-0.05, 0) is 42.0 Å². The van der Waals surface area contributed by atoms with Crippen LogP contribution in [0.25, 0.3) is 0 Å². The Morgan fingerprint density at radius 3 is 1.74 bits per heavy atom. The van der Waals surface area contributed by atoms with E-state index >= 15 is 0 Å². The number of halogens is 1. The monoisotopic (exact) mass is 261 g/mol. The summed E-state index contributed by atoms with van der Waals surface area (Å²) in [6.07, 6.45) is 0. The highest BCUT2D eigenvalue weighted by molar-refractivity contribution is 5.27. The Kier molecular flexibility index (Phi) is 4.75. The summed E-state index contributed by atoms with van der Waals surface area (Å²) < 4.78 is 23.6. The second kappa shape index (κ2) is 6.75. The molecule has 2 aromatic carbocycles. The van der Waals surface area contributed by atoms with Crippen molar-refractivity contribution in [3.63, 3.8) is 0 Å². The SMILES string of the molecule is NCc1ccc(OCCOc2ccc(F)cc2)cc1. The maximum atomic E-state index is 12.7. The Hall–Kier alpha value is -2.07. The number of rotatable bonds is 6. The summed E-state index contributed by atoms with van der Waals surface area (Å²) in [5.74, 6) is 1.13. The summed E-state index contributed by atoms with van der Waals surface area (Å²) >= 11 is 0. The van der Waals surface area contributed by atoms with Crippen LogP contribution in [0.3, 0.4) is 0 Å². The maximum Gasteiger partial charge on any atom is 0.123 e. The molecule has 0 saturated carbocycles. The fraction of sp³-hybridized carbons (Fsp3) is 0.200. The van der Waals surface area contributed by atoms with Crippen LogP contribution in [0.1, 0.15) is 5.56 Å². The van der Waals surface area contributed by atoms with E-state index in [0.717, 1.165) is 11.3 Å². The molecule has 0 spiro atoms. The van der Waals surface area contributed by atoms with Gasteiger partial charge in [0.15, 0.2) is 0 Å². The molecule has 3 nitrogen and oxygen atoms in total. The minimum Gasteiger partial charge on any atom is -0.490 e. The molecule has 0 heterocycles. The quantitative estimate of drug-likeness (QED) is 0.813. The summed E-state index contributed by atoms with van der Waals surface area (Å²) in [5.41, 5.74) is 6.57. The third kappa shape index (κ3) is 4.26. The Bertz CT molecular complexity index is 497. The predicted molar refractivity (Wildman–Crippen MR) is 71.7 cm³/mol. The van der Waals surface area contributed by atoms with Gasteiger partial charge in [0.2, 0.25) is 0 Å². The molecule has 19 heavy (non-hydrogen) atoms. The minimum absolute atomic E-state index is 0.274. The molecule has 0 aliphatic rings. The first-order chi connectivity index (χ1) is 9.28. The molecule has 0 unspecified atom stereocenters. The summed E-state index contributed by atoms with van der Waals surface area (Å²) in [4.78, 5) is 0. The van der Waals surface area contributed by atoms with Crippen LogP contribution in [0.2, 0.25) is 0 Å². The standard InChI is InChI=1S/C15H16FNO2/c16-13-3-7-15(8-4-13)19-10-9-18-14-5-1-12(11-17)2-6-14/h1-8H,9-11,17H2. The van der Waals surface area contributed by atoms with Gasteiger partial charge in [0.1, 0.15) is 30.5 Å². The Morgan fingerprint density at radius 1 is 0.789 bits per heavy atom. The lowest BCUT2D eigenvalue weighted by molar-refractivity contribution is 0.217. The van der Waals surface area contributed by atoms with E-state index in [2.05, 4.69) is 0 Å². The Labute approximate surface area is 111 Å². The first-order valence-electron chi connectivity index (χ1n) is 6.08.